The van der Waals surface area contributed by atoms with Gasteiger partial charge in [0.05, 0.1) is 0 Å². The minimum absolute atomic E-state index is 0.144. The highest BCUT2D eigenvalue weighted by Gasteiger charge is 2.28. The van der Waals surface area contributed by atoms with Gasteiger partial charge >= 0.3 is 0 Å². The van der Waals surface area contributed by atoms with Crippen molar-refractivity contribution in [2.75, 3.05) is 19.6 Å². The van der Waals surface area contributed by atoms with Crippen LogP contribution in [0.25, 0.3) is 0 Å². The third kappa shape index (κ3) is 3.89. The molecule has 1 atom stereocenters. The Kier molecular flexibility index (Phi) is 4.54. The van der Waals surface area contributed by atoms with Gasteiger partial charge in [0.25, 0.3) is 0 Å². The second-order valence-electron chi connectivity index (χ2n) is 6.42. The molecule has 0 amide bonds. The van der Waals surface area contributed by atoms with Crippen LogP contribution in [-0.2, 0) is 4.79 Å². The highest BCUT2D eigenvalue weighted by Crippen LogP contribution is 2.31. The lowest BCUT2D eigenvalue weighted by Crippen LogP contribution is -2.37. The molecular weight excluding hydrogens is 198 g/mol. The molecule has 0 saturated carbocycles. The summed E-state index contributed by atoms with van der Waals surface area (Å²) in [5.41, 5.74) is 0.340. The summed E-state index contributed by atoms with van der Waals surface area (Å²) in [6, 6.07) is 0. The van der Waals surface area contributed by atoms with E-state index in [4.69, 9.17) is 0 Å². The van der Waals surface area contributed by atoms with Crippen molar-refractivity contribution < 1.29 is 4.79 Å². The van der Waals surface area contributed by atoms with Gasteiger partial charge in [-0.3, -0.25) is 0 Å². The van der Waals surface area contributed by atoms with Gasteiger partial charge in [-0.05, 0) is 44.2 Å². The first-order valence-corrected chi connectivity index (χ1v) is 6.59. The molecule has 1 aliphatic heterocycles. The Morgan fingerprint density at radius 2 is 2.00 bits per heavy atom. The highest BCUT2D eigenvalue weighted by atomic mass is 16.1. The van der Waals surface area contributed by atoms with E-state index in [1.165, 1.54) is 19.3 Å². The Morgan fingerprint density at radius 1 is 1.31 bits per heavy atom. The summed E-state index contributed by atoms with van der Waals surface area (Å²) < 4.78 is 0. The van der Waals surface area contributed by atoms with Crippen molar-refractivity contribution in [3.05, 3.63) is 0 Å². The quantitative estimate of drug-likeness (QED) is 0.685. The number of hydrogen-bond donors (Lipinski definition) is 0. The molecule has 0 spiro atoms. The van der Waals surface area contributed by atoms with Crippen LogP contribution < -0.4 is 0 Å². The molecule has 1 fully saturated rings. The standard InChI is InChI=1S/C14H27NO/c1-5-14(4,12-16)11-15-9-6-7-13(2,3)8-10-15/h12H,5-11H2,1-4H3. The SMILES string of the molecule is CCC(C)(C=O)CN1CCCC(C)(C)CC1. The Balaban J connectivity index is 2.52. The molecule has 1 aliphatic rings. The molecule has 2 nitrogen and oxygen atoms in total. The molecule has 0 aromatic rings. The fourth-order valence-corrected chi connectivity index (χ4v) is 2.38. The fourth-order valence-electron chi connectivity index (χ4n) is 2.38. The van der Waals surface area contributed by atoms with Crippen LogP contribution in [0.2, 0.25) is 0 Å². The van der Waals surface area contributed by atoms with Crippen molar-refractivity contribution >= 4 is 6.29 Å². The van der Waals surface area contributed by atoms with Crippen molar-refractivity contribution in [2.45, 2.75) is 53.4 Å². The number of hydrogen-bond acceptors (Lipinski definition) is 2. The van der Waals surface area contributed by atoms with E-state index < -0.39 is 0 Å². The van der Waals surface area contributed by atoms with Gasteiger partial charge in [0, 0.05) is 12.0 Å². The van der Waals surface area contributed by atoms with Crippen LogP contribution in [0, 0.1) is 10.8 Å². The average molecular weight is 225 g/mol. The summed E-state index contributed by atoms with van der Waals surface area (Å²) in [7, 11) is 0. The number of nitrogens with zero attached hydrogens (tertiary/aromatic N) is 1. The van der Waals surface area contributed by atoms with Gasteiger partial charge in [-0.1, -0.05) is 27.7 Å². The summed E-state index contributed by atoms with van der Waals surface area (Å²) in [6.45, 7) is 12.1. The fraction of sp³-hybridized carbons (Fsp3) is 0.929. The Bertz CT molecular complexity index is 237. The lowest BCUT2D eigenvalue weighted by Gasteiger charge is -2.30. The van der Waals surface area contributed by atoms with E-state index in [0.29, 0.717) is 5.41 Å². The number of rotatable bonds is 4. The van der Waals surface area contributed by atoms with Crippen LogP contribution >= 0.6 is 0 Å². The lowest BCUT2D eigenvalue weighted by atomic mass is 9.85. The molecule has 0 N–H and O–H groups in total. The van der Waals surface area contributed by atoms with Crippen LogP contribution in [0.3, 0.4) is 0 Å². The largest absolute Gasteiger partial charge is 0.303 e. The summed E-state index contributed by atoms with van der Waals surface area (Å²) in [5.74, 6) is 0. The molecule has 1 saturated heterocycles. The maximum atomic E-state index is 11.1. The number of carbonyl (C=O) groups excluding carboxylic acids is 1. The van der Waals surface area contributed by atoms with E-state index in [2.05, 4.69) is 32.6 Å². The molecule has 1 heterocycles. The van der Waals surface area contributed by atoms with E-state index in [1.807, 2.05) is 0 Å². The maximum absolute atomic E-state index is 11.1. The molecular formula is C14H27NO. The van der Waals surface area contributed by atoms with Crippen molar-refractivity contribution in [1.82, 2.24) is 4.90 Å². The minimum atomic E-state index is -0.144. The van der Waals surface area contributed by atoms with E-state index in [-0.39, 0.29) is 5.41 Å². The molecule has 0 aliphatic carbocycles. The van der Waals surface area contributed by atoms with E-state index in [1.54, 1.807) is 0 Å². The van der Waals surface area contributed by atoms with Crippen LogP contribution in [0.1, 0.15) is 53.4 Å². The van der Waals surface area contributed by atoms with Crippen LogP contribution in [0.15, 0.2) is 0 Å². The molecule has 0 radical (unpaired) electrons. The first kappa shape index (κ1) is 13.7. The van der Waals surface area contributed by atoms with Gasteiger partial charge in [0.2, 0.25) is 0 Å². The molecule has 2 heteroatoms. The summed E-state index contributed by atoms with van der Waals surface area (Å²) >= 11 is 0. The predicted molar refractivity (Wildman–Crippen MR) is 68.5 cm³/mol. The second-order valence-corrected chi connectivity index (χ2v) is 6.42. The Labute approximate surface area is 100 Å². The number of carbonyl (C=O) groups is 1. The van der Waals surface area contributed by atoms with Gasteiger partial charge < -0.3 is 9.69 Å². The Morgan fingerprint density at radius 3 is 2.56 bits per heavy atom. The zero-order valence-corrected chi connectivity index (χ0v) is 11.4. The molecule has 16 heavy (non-hydrogen) atoms. The lowest BCUT2D eigenvalue weighted by molar-refractivity contribution is -0.116. The monoisotopic (exact) mass is 225 g/mol. The van der Waals surface area contributed by atoms with Crippen LogP contribution in [0.5, 0.6) is 0 Å². The van der Waals surface area contributed by atoms with Gasteiger partial charge in [-0.15, -0.1) is 0 Å². The van der Waals surface area contributed by atoms with Crippen LogP contribution in [-0.4, -0.2) is 30.8 Å². The van der Waals surface area contributed by atoms with Gasteiger partial charge in [-0.2, -0.15) is 0 Å². The summed E-state index contributed by atoms with van der Waals surface area (Å²) in [5, 5.41) is 0. The van der Waals surface area contributed by atoms with Gasteiger partial charge in [0.15, 0.2) is 0 Å². The second kappa shape index (κ2) is 5.31. The first-order chi connectivity index (χ1) is 7.41. The number of aldehydes is 1. The molecule has 1 rings (SSSR count). The molecule has 0 aromatic carbocycles. The molecule has 0 bridgehead atoms. The normalized spacial score (nSPS) is 25.8. The maximum Gasteiger partial charge on any atom is 0.127 e. The highest BCUT2D eigenvalue weighted by molar-refractivity contribution is 5.58. The van der Waals surface area contributed by atoms with Crippen LogP contribution in [0.4, 0.5) is 0 Å². The molecule has 0 aromatic heterocycles. The van der Waals surface area contributed by atoms with Crippen molar-refractivity contribution in [3.8, 4) is 0 Å². The summed E-state index contributed by atoms with van der Waals surface area (Å²) in [4.78, 5) is 13.6. The Hall–Kier alpha value is -0.370. The average Bonchev–Trinajstić information content (AvgIpc) is 2.40. The van der Waals surface area contributed by atoms with Gasteiger partial charge in [0.1, 0.15) is 6.29 Å². The third-order valence-corrected chi connectivity index (χ3v) is 4.11. The van der Waals surface area contributed by atoms with Crippen molar-refractivity contribution in [1.29, 1.82) is 0 Å². The molecule has 1 unspecified atom stereocenters. The van der Waals surface area contributed by atoms with Gasteiger partial charge in [-0.25, -0.2) is 0 Å². The summed E-state index contributed by atoms with van der Waals surface area (Å²) in [6.07, 6.45) is 5.92. The van der Waals surface area contributed by atoms with E-state index in [9.17, 15) is 4.79 Å². The van der Waals surface area contributed by atoms with Crippen molar-refractivity contribution in [2.24, 2.45) is 10.8 Å². The first-order valence-electron chi connectivity index (χ1n) is 6.59. The third-order valence-electron chi connectivity index (χ3n) is 4.11. The smallest absolute Gasteiger partial charge is 0.127 e. The molecule has 94 valence electrons. The van der Waals surface area contributed by atoms with Crippen molar-refractivity contribution in [3.63, 3.8) is 0 Å². The zero-order chi connectivity index (χ0) is 12.2. The topological polar surface area (TPSA) is 20.3 Å². The van der Waals surface area contributed by atoms with E-state index in [0.717, 1.165) is 32.3 Å². The number of likely N-dealkylation sites (tertiary alicyclic amines) is 1. The van der Waals surface area contributed by atoms with E-state index >= 15 is 0 Å². The predicted octanol–water partition coefficient (Wildman–Crippen LogP) is 3.11. The minimum Gasteiger partial charge on any atom is -0.303 e. The zero-order valence-electron chi connectivity index (χ0n) is 11.4.